The van der Waals surface area contributed by atoms with Gasteiger partial charge in [0.25, 0.3) is 5.91 Å². The van der Waals surface area contributed by atoms with Crippen molar-refractivity contribution in [2.24, 2.45) is 0 Å². The molecule has 1 fully saturated rings. The first-order valence-electron chi connectivity index (χ1n) is 8.36. The zero-order valence-corrected chi connectivity index (χ0v) is 14.0. The fourth-order valence-electron chi connectivity index (χ4n) is 3.86. The molecule has 0 aromatic heterocycles. The molecule has 4 rings (SSSR count). The van der Waals surface area contributed by atoms with E-state index in [2.05, 4.69) is 31.2 Å². The van der Waals surface area contributed by atoms with Crippen molar-refractivity contribution < 1.29 is 14.3 Å². The van der Waals surface area contributed by atoms with Crippen molar-refractivity contribution >= 4 is 11.5 Å². The lowest BCUT2D eigenvalue weighted by atomic mass is 9.94. The summed E-state index contributed by atoms with van der Waals surface area (Å²) >= 11 is 0. The van der Waals surface area contributed by atoms with Gasteiger partial charge in [-0.05, 0) is 50.3 Å². The summed E-state index contributed by atoms with van der Waals surface area (Å²) in [6.07, 6.45) is 3.18. The lowest BCUT2D eigenvalue weighted by Gasteiger charge is -2.25. The molecular weight excluding hydrogens is 290 g/mol. The van der Waals surface area contributed by atoms with Crippen molar-refractivity contribution in [3.63, 3.8) is 0 Å². The molecule has 0 radical (unpaired) electrons. The van der Waals surface area contributed by atoms with Crippen molar-refractivity contribution in [3.8, 4) is 0 Å². The molecule has 3 aliphatic rings. The van der Waals surface area contributed by atoms with Gasteiger partial charge in [-0.15, -0.1) is 0 Å². The Morgan fingerprint density at radius 1 is 1.26 bits per heavy atom. The Bertz CT molecular complexity index is 692. The van der Waals surface area contributed by atoms with Crippen molar-refractivity contribution in [1.82, 2.24) is 4.90 Å². The van der Waals surface area contributed by atoms with E-state index in [4.69, 9.17) is 9.47 Å². The predicted octanol–water partition coefficient (Wildman–Crippen LogP) is 3.03. The Morgan fingerprint density at radius 2 is 2.09 bits per heavy atom. The number of nitrogens with zero attached hydrogens (tertiary/aromatic N) is 1. The highest BCUT2D eigenvalue weighted by atomic mass is 16.8. The van der Waals surface area contributed by atoms with Crippen LogP contribution in [0.15, 0.2) is 24.3 Å². The van der Waals surface area contributed by atoms with Crippen LogP contribution in [0.3, 0.4) is 0 Å². The molecule has 1 saturated heterocycles. The first-order chi connectivity index (χ1) is 10.9. The van der Waals surface area contributed by atoms with Crippen molar-refractivity contribution in [1.29, 1.82) is 0 Å². The summed E-state index contributed by atoms with van der Waals surface area (Å²) in [6, 6.07) is 6.51. The Labute approximate surface area is 137 Å². The van der Waals surface area contributed by atoms with Crippen LogP contribution in [0.5, 0.6) is 0 Å². The zero-order chi connectivity index (χ0) is 16.2. The minimum absolute atomic E-state index is 0.0589. The van der Waals surface area contributed by atoms with Gasteiger partial charge in [0, 0.05) is 13.1 Å². The maximum Gasteiger partial charge on any atom is 0.254 e. The molecule has 2 atom stereocenters. The van der Waals surface area contributed by atoms with Gasteiger partial charge in [-0.2, -0.15) is 0 Å². The van der Waals surface area contributed by atoms with Crippen LogP contribution in [0.25, 0.3) is 5.57 Å². The maximum atomic E-state index is 13.0. The zero-order valence-electron chi connectivity index (χ0n) is 14.0. The fraction of sp³-hybridized carbons (Fsp3) is 0.526. The summed E-state index contributed by atoms with van der Waals surface area (Å²) < 4.78 is 11.9. The van der Waals surface area contributed by atoms with Crippen molar-refractivity contribution in [3.05, 3.63) is 41.0 Å². The smallest absolute Gasteiger partial charge is 0.254 e. The monoisotopic (exact) mass is 313 g/mol. The van der Waals surface area contributed by atoms with Crippen LogP contribution in [-0.4, -0.2) is 35.3 Å². The van der Waals surface area contributed by atoms with E-state index in [0.717, 1.165) is 19.4 Å². The summed E-state index contributed by atoms with van der Waals surface area (Å²) in [5.74, 6) is -0.634. The number of benzene rings is 1. The van der Waals surface area contributed by atoms with Crippen LogP contribution in [-0.2, 0) is 20.8 Å². The molecule has 0 spiro atoms. The molecule has 0 saturated carbocycles. The van der Waals surface area contributed by atoms with Gasteiger partial charge in [0.2, 0.25) is 0 Å². The Morgan fingerprint density at radius 3 is 2.91 bits per heavy atom. The highest BCUT2D eigenvalue weighted by molar-refractivity contribution is 5.83. The molecule has 1 amide bonds. The molecule has 122 valence electrons. The summed E-state index contributed by atoms with van der Waals surface area (Å²) in [7, 11) is 0. The van der Waals surface area contributed by atoms with E-state index < -0.39 is 11.9 Å². The normalized spacial score (nSPS) is 31.3. The predicted molar refractivity (Wildman–Crippen MR) is 87.6 cm³/mol. The highest BCUT2D eigenvalue weighted by Gasteiger charge is 2.46. The summed E-state index contributed by atoms with van der Waals surface area (Å²) in [6.45, 7) is 7.27. The maximum absolute atomic E-state index is 13.0. The van der Waals surface area contributed by atoms with Crippen LogP contribution >= 0.6 is 0 Å². The minimum Gasteiger partial charge on any atom is -0.344 e. The van der Waals surface area contributed by atoms with Gasteiger partial charge in [-0.3, -0.25) is 4.79 Å². The molecule has 3 aliphatic heterocycles. The molecule has 4 nitrogen and oxygen atoms in total. The molecule has 1 aromatic carbocycles. The van der Waals surface area contributed by atoms with Crippen molar-refractivity contribution in [2.75, 3.05) is 6.54 Å². The molecule has 4 heteroatoms. The van der Waals surface area contributed by atoms with Gasteiger partial charge in [-0.25, -0.2) is 0 Å². The van der Waals surface area contributed by atoms with Gasteiger partial charge >= 0.3 is 0 Å². The summed E-state index contributed by atoms with van der Waals surface area (Å²) in [4.78, 5) is 14.9. The minimum atomic E-state index is -0.693. The van der Waals surface area contributed by atoms with Crippen LogP contribution in [0.2, 0.25) is 0 Å². The second-order valence-electron chi connectivity index (χ2n) is 7.23. The van der Waals surface area contributed by atoms with Crippen LogP contribution in [0.1, 0.15) is 43.4 Å². The molecule has 0 aliphatic carbocycles. The largest absolute Gasteiger partial charge is 0.344 e. The quantitative estimate of drug-likeness (QED) is 0.739. The average molecular weight is 313 g/mol. The molecule has 2 bridgehead atoms. The first kappa shape index (κ1) is 14.9. The average Bonchev–Trinajstić information content (AvgIpc) is 2.72. The van der Waals surface area contributed by atoms with Crippen LogP contribution in [0, 0.1) is 6.92 Å². The third kappa shape index (κ3) is 2.60. The molecule has 3 heterocycles. The first-order valence-corrected chi connectivity index (χ1v) is 8.36. The third-order valence-electron chi connectivity index (χ3n) is 4.96. The van der Waals surface area contributed by atoms with E-state index >= 15 is 0 Å². The van der Waals surface area contributed by atoms with E-state index in [1.807, 2.05) is 18.7 Å². The van der Waals surface area contributed by atoms with Gasteiger partial charge in [-0.1, -0.05) is 29.8 Å². The number of ether oxygens (including phenoxy) is 2. The second kappa shape index (κ2) is 5.18. The number of hydrogen-bond acceptors (Lipinski definition) is 3. The summed E-state index contributed by atoms with van der Waals surface area (Å²) in [5.41, 5.74) is 5.10. The number of fused-ring (bicyclic) bond motifs is 6. The Balaban J connectivity index is 1.79. The number of hydrogen-bond donors (Lipinski definition) is 0. The van der Waals surface area contributed by atoms with Gasteiger partial charge in [0.1, 0.15) is 0 Å². The van der Waals surface area contributed by atoms with E-state index in [0.29, 0.717) is 6.54 Å². The number of rotatable bonds is 0. The molecule has 23 heavy (non-hydrogen) atoms. The summed E-state index contributed by atoms with van der Waals surface area (Å²) in [5, 5.41) is 0. The van der Waals surface area contributed by atoms with E-state index in [-0.39, 0.29) is 12.0 Å². The van der Waals surface area contributed by atoms with Gasteiger partial charge in [0.15, 0.2) is 11.9 Å². The lowest BCUT2D eigenvalue weighted by Crippen LogP contribution is -2.43. The standard InChI is InChI=1S/C19H23NO3/c1-12-4-5-14-11-20-9-8-13(15(14)10-12)6-7-16-17(18(20)21)23-19(2,3)22-16/h4-6,10,16-17H,7-9,11H2,1-3H3/b13-6-/t16-,17+/m1/s1. The SMILES string of the molecule is Cc1ccc2c(c1)/C1=C\C[C@H]3OC(C)(C)O[C@@H]3C(=O)N(CC1)C2. The van der Waals surface area contributed by atoms with Gasteiger partial charge < -0.3 is 14.4 Å². The number of carbonyl (C=O) groups excluding carboxylic acids is 1. The molecule has 0 N–H and O–H groups in total. The van der Waals surface area contributed by atoms with Crippen LogP contribution in [0.4, 0.5) is 0 Å². The fourth-order valence-corrected chi connectivity index (χ4v) is 3.86. The number of amides is 1. The van der Waals surface area contributed by atoms with Crippen molar-refractivity contribution in [2.45, 2.75) is 58.2 Å². The third-order valence-corrected chi connectivity index (χ3v) is 4.96. The molecule has 0 unspecified atom stereocenters. The number of carbonyl (C=O) groups is 1. The Hall–Kier alpha value is -1.65. The molecular formula is C19H23NO3. The topological polar surface area (TPSA) is 38.8 Å². The second-order valence-corrected chi connectivity index (χ2v) is 7.23. The van der Waals surface area contributed by atoms with E-state index in [1.165, 1.54) is 22.3 Å². The van der Waals surface area contributed by atoms with Gasteiger partial charge in [0.05, 0.1) is 6.10 Å². The molecule has 1 aromatic rings. The number of aryl methyl sites for hydroxylation is 1. The Kier molecular flexibility index (Phi) is 3.36. The van der Waals surface area contributed by atoms with Crippen LogP contribution < -0.4 is 0 Å². The highest BCUT2D eigenvalue weighted by Crippen LogP contribution is 2.36. The van der Waals surface area contributed by atoms with E-state index in [1.54, 1.807) is 0 Å². The lowest BCUT2D eigenvalue weighted by molar-refractivity contribution is -0.161. The van der Waals surface area contributed by atoms with E-state index in [9.17, 15) is 4.79 Å².